The summed E-state index contributed by atoms with van der Waals surface area (Å²) in [5, 5.41) is 0. The van der Waals surface area contributed by atoms with Gasteiger partial charge in [-0.3, -0.25) is 0 Å². The lowest BCUT2D eigenvalue weighted by Crippen LogP contribution is -2.13. The Morgan fingerprint density at radius 3 is 2.09 bits per heavy atom. The SMILES string of the molecule is CC.CC1CCCC2(CC2)C1. The van der Waals surface area contributed by atoms with Crippen LogP contribution in [-0.2, 0) is 0 Å². The summed E-state index contributed by atoms with van der Waals surface area (Å²) in [6, 6.07) is 0. The molecule has 1 atom stereocenters. The van der Waals surface area contributed by atoms with Crippen LogP contribution in [0.1, 0.15) is 59.3 Å². The summed E-state index contributed by atoms with van der Waals surface area (Å²) in [4.78, 5) is 0. The largest absolute Gasteiger partial charge is 0.0683 e. The van der Waals surface area contributed by atoms with Crippen molar-refractivity contribution in [3.8, 4) is 0 Å². The average Bonchev–Trinajstić information content (AvgIpc) is 2.73. The molecule has 0 aliphatic heterocycles. The van der Waals surface area contributed by atoms with Gasteiger partial charge in [-0.1, -0.05) is 33.6 Å². The normalized spacial score (nSPS) is 32.5. The highest BCUT2D eigenvalue weighted by Crippen LogP contribution is 2.57. The van der Waals surface area contributed by atoms with Gasteiger partial charge in [0, 0.05) is 0 Å². The number of hydrogen-bond donors (Lipinski definition) is 0. The highest BCUT2D eigenvalue weighted by molar-refractivity contribution is 4.96. The molecule has 0 aromatic rings. The number of hydrogen-bond acceptors (Lipinski definition) is 0. The van der Waals surface area contributed by atoms with Gasteiger partial charge in [0.25, 0.3) is 0 Å². The van der Waals surface area contributed by atoms with Crippen LogP contribution in [0.3, 0.4) is 0 Å². The molecule has 0 heterocycles. The molecule has 0 aromatic carbocycles. The van der Waals surface area contributed by atoms with E-state index in [1.165, 1.54) is 12.8 Å². The molecule has 0 N–H and O–H groups in total. The topological polar surface area (TPSA) is 0 Å². The molecular formula is C11H22. The molecule has 2 aliphatic rings. The molecule has 0 aromatic heterocycles. The lowest BCUT2D eigenvalue weighted by molar-refractivity contribution is 0.263. The van der Waals surface area contributed by atoms with E-state index in [0.717, 1.165) is 11.3 Å². The summed E-state index contributed by atoms with van der Waals surface area (Å²) < 4.78 is 0. The molecule has 1 spiro atoms. The van der Waals surface area contributed by atoms with Crippen LogP contribution in [-0.4, -0.2) is 0 Å². The zero-order chi connectivity index (χ0) is 8.32. The summed E-state index contributed by atoms with van der Waals surface area (Å²) in [7, 11) is 0. The molecule has 2 saturated carbocycles. The highest BCUT2D eigenvalue weighted by atomic mass is 14.5. The lowest BCUT2D eigenvalue weighted by Gasteiger charge is -2.25. The maximum absolute atomic E-state index is 2.42. The van der Waals surface area contributed by atoms with Crippen LogP contribution < -0.4 is 0 Å². The molecule has 2 rings (SSSR count). The Hall–Kier alpha value is 0. The quantitative estimate of drug-likeness (QED) is 0.494. The van der Waals surface area contributed by atoms with Crippen molar-refractivity contribution in [1.82, 2.24) is 0 Å². The minimum Gasteiger partial charge on any atom is -0.0683 e. The lowest BCUT2D eigenvalue weighted by atomic mass is 9.80. The first-order chi connectivity index (χ1) is 5.31. The van der Waals surface area contributed by atoms with E-state index in [1.807, 2.05) is 13.8 Å². The van der Waals surface area contributed by atoms with Crippen LogP contribution in [0.15, 0.2) is 0 Å². The average molecular weight is 154 g/mol. The highest BCUT2D eigenvalue weighted by Gasteiger charge is 2.44. The molecule has 0 saturated heterocycles. The first-order valence-corrected chi connectivity index (χ1v) is 5.31. The molecule has 2 aliphatic carbocycles. The van der Waals surface area contributed by atoms with Gasteiger partial charge >= 0.3 is 0 Å². The molecule has 0 bridgehead atoms. The fourth-order valence-electron chi connectivity index (χ4n) is 2.40. The second-order valence-electron chi connectivity index (χ2n) is 4.20. The van der Waals surface area contributed by atoms with Gasteiger partial charge in [0.2, 0.25) is 0 Å². The summed E-state index contributed by atoms with van der Waals surface area (Å²) in [5.41, 5.74) is 0.900. The minimum absolute atomic E-state index is 0.900. The van der Waals surface area contributed by atoms with Gasteiger partial charge in [-0.25, -0.2) is 0 Å². The van der Waals surface area contributed by atoms with Gasteiger partial charge in [-0.15, -0.1) is 0 Å². The third-order valence-corrected chi connectivity index (χ3v) is 3.14. The van der Waals surface area contributed by atoms with Crippen molar-refractivity contribution in [2.75, 3.05) is 0 Å². The van der Waals surface area contributed by atoms with Crippen molar-refractivity contribution in [2.24, 2.45) is 11.3 Å². The fraction of sp³-hybridized carbons (Fsp3) is 1.00. The second kappa shape index (κ2) is 3.60. The molecule has 11 heavy (non-hydrogen) atoms. The van der Waals surface area contributed by atoms with Crippen molar-refractivity contribution in [3.05, 3.63) is 0 Å². The molecule has 0 radical (unpaired) electrons. The standard InChI is InChI=1S/C9H16.C2H6/c1-8-3-2-4-9(7-8)5-6-9;1-2/h8H,2-7H2,1H3;1-2H3. The van der Waals surface area contributed by atoms with Crippen LogP contribution in [0, 0.1) is 11.3 Å². The third-order valence-electron chi connectivity index (χ3n) is 3.14. The third kappa shape index (κ3) is 2.21. The molecule has 66 valence electrons. The zero-order valence-electron chi connectivity index (χ0n) is 8.32. The predicted octanol–water partition coefficient (Wildman–Crippen LogP) is 4.00. The predicted molar refractivity (Wildman–Crippen MR) is 50.6 cm³/mol. The van der Waals surface area contributed by atoms with Crippen molar-refractivity contribution in [2.45, 2.75) is 59.3 Å². The van der Waals surface area contributed by atoms with Gasteiger partial charge in [-0.2, -0.15) is 0 Å². The van der Waals surface area contributed by atoms with Crippen LogP contribution in [0.5, 0.6) is 0 Å². The molecular weight excluding hydrogens is 132 g/mol. The first kappa shape index (κ1) is 9.09. The van der Waals surface area contributed by atoms with Crippen molar-refractivity contribution in [1.29, 1.82) is 0 Å². The fourth-order valence-corrected chi connectivity index (χ4v) is 2.40. The van der Waals surface area contributed by atoms with Gasteiger partial charge in [0.1, 0.15) is 0 Å². The Bertz CT molecular complexity index is 111. The Labute approximate surface area is 71.4 Å². The van der Waals surface area contributed by atoms with Gasteiger partial charge < -0.3 is 0 Å². The molecule has 0 amide bonds. The zero-order valence-corrected chi connectivity index (χ0v) is 8.32. The van der Waals surface area contributed by atoms with Crippen LogP contribution >= 0.6 is 0 Å². The minimum atomic E-state index is 0.900. The number of rotatable bonds is 0. The van der Waals surface area contributed by atoms with Crippen molar-refractivity contribution < 1.29 is 0 Å². The summed E-state index contributed by atoms with van der Waals surface area (Å²) in [5.74, 6) is 1.04. The van der Waals surface area contributed by atoms with E-state index < -0.39 is 0 Å². The van der Waals surface area contributed by atoms with Crippen LogP contribution in [0.25, 0.3) is 0 Å². The summed E-state index contributed by atoms with van der Waals surface area (Å²) in [6.07, 6.45) is 9.22. The van der Waals surface area contributed by atoms with Gasteiger partial charge in [0.15, 0.2) is 0 Å². The maximum atomic E-state index is 2.42. The Kier molecular flexibility index (Phi) is 2.98. The van der Waals surface area contributed by atoms with E-state index in [2.05, 4.69) is 6.92 Å². The van der Waals surface area contributed by atoms with E-state index in [-0.39, 0.29) is 0 Å². The van der Waals surface area contributed by atoms with E-state index in [4.69, 9.17) is 0 Å². The Morgan fingerprint density at radius 2 is 1.73 bits per heavy atom. The molecule has 0 heteroatoms. The van der Waals surface area contributed by atoms with Crippen LogP contribution in [0.4, 0.5) is 0 Å². The van der Waals surface area contributed by atoms with E-state index >= 15 is 0 Å². The summed E-state index contributed by atoms with van der Waals surface area (Å²) in [6.45, 7) is 6.42. The molecule has 1 unspecified atom stereocenters. The van der Waals surface area contributed by atoms with E-state index in [0.29, 0.717) is 0 Å². The van der Waals surface area contributed by atoms with Crippen molar-refractivity contribution in [3.63, 3.8) is 0 Å². The van der Waals surface area contributed by atoms with E-state index in [1.54, 1.807) is 25.7 Å². The van der Waals surface area contributed by atoms with E-state index in [9.17, 15) is 0 Å². The molecule has 2 fully saturated rings. The van der Waals surface area contributed by atoms with Gasteiger partial charge in [-0.05, 0) is 37.0 Å². The van der Waals surface area contributed by atoms with Crippen molar-refractivity contribution >= 4 is 0 Å². The Morgan fingerprint density at radius 1 is 1.09 bits per heavy atom. The van der Waals surface area contributed by atoms with Gasteiger partial charge in [0.05, 0.1) is 0 Å². The second-order valence-corrected chi connectivity index (χ2v) is 4.20. The maximum Gasteiger partial charge on any atom is -0.0295 e. The smallest absolute Gasteiger partial charge is 0.0295 e. The Balaban J connectivity index is 0.000000281. The summed E-state index contributed by atoms with van der Waals surface area (Å²) >= 11 is 0. The first-order valence-electron chi connectivity index (χ1n) is 5.31. The van der Waals surface area contributed by atoms with Crippen LogP contribution in [0.2, 0.25) is 0 Å². The monoisotopic (exact) mass is 154 g/mol. The molecule has 0 nitrogen and oxygen atoms in total.